The van der Waals surface area contributed by atoms with Crippen molar-refractivity contribution < 1.29 is 16.8 Å². The first-order valence-corrected chi connectivity index (χ1v) is 8.86. The second-order valence-electron chi connectivity index (χ2n) is 3.99. The van der Waals surface area contributed by atoms with Gasteiger partial charge in [0.1, 0.15) is 5.15 Å². The van der Waals surface area contributed by atoms with Crippen LogP contribution in [0, 0.1) is 0 Å². The highest BCUT2D eigenvalue weighted by Crippen LogP contribution is 2.19. The van der Waals surface area contributed by atoms with Crippen molar-refractivity contribution in [2.45, 2.75) is 9.79 Å². The summed E-state index contributed by atoms with van der Waals surface area (Å²) in [5.74, 6) is 0. The average Bonchev–Trinajstić information content (AvgIpc) is 2.37. The third-order valence-electron chi connectivity index (χ3n) is 2.42. The molecule has 0 spiro atoms. The van der Waals surface area contributed by atoms with Gasteiger partial charge in [-0.1, -0.05) is 17.7 Å². The topological polar surface area (TPSA) is 119 Å². The van der Waals surface area contributed by atoms with Gasteiger partial charge in [-0.3, -0.25) is 4.72 Å². The van der Waals surface area contributed by atoms with Gasteiger partial charge in [0.05, 0.1) is 15.5 Å². The maximum Gasteiger partial charge on any atom is 0.261 e. The Morgan fingerprint density at radius 3 is 2.33 bits per heavy atom. The van der Waals surface area contributed by atoms with E-state index in [1.165, 1.54) is 36.5 Å². The van der Waals surface area contributed by atoms with Crippen LogP contribution in [0.3, 0.4) is 0 Å². The van der Waals surface area contributed by atoms with Crippen LogP contribution in [0.2, 0.25) is 5.15 Å². The molecule has 0 aliphatic rings. The van der Waals surface area contributed by atoms with Gasteiger partial charge in [0.15, 0.2) is 0 Å². The summed E-state index contributed by atoms with van der Waals surface area (Å²) in [5.41, 5.74) is 0.205. The molecule has 0 radical (unpaired) electrons. The van der Waals surface area contributed by atoms with Crippen molar-refractivity contribution in [2.75, 3.05) is 4.72 Å². The smallest absolute Gasteiger partial charge is 0.261 e. The summed E-state index contributed by atoms with van der Waals surface area (Å²) < 4.78 is 49.1. The number of pyridine rings is 1. The summed E-state index contributed by atoms with van der Waals surface area (Å²) in [6, 6.07) is 7.45. The Labute approximate surface area is 126 Å². The Morgan fingerprint density at radius 2 is 1.71 bits per heavy atom. The zero-order chi connectivity index (χ0) is 15.7. The van der Waals surface area contributed by atoms with Gasteiger partial charge >= 0.3 is 0 Å². The monoisotopic (exact) mass is 347 g/mol. The van der Waals surface area contributed by atoms with E-state index in [-0.39, 0.29) is 20.6 Å². The number of hydrogen-bond acceptors (Lipinski definition) is 5. The molecule has 112 valence electrons. The van der Waals surface area contributed by atoms with Gasteiger partial charge < -0.3 is 0 Å². The SMILES string of the molecule is NS(=O)(=O)c1cccc(S(=O)(=O)Nc2ccnc(Cl)c2)c1. The zero-order valence-electron chi connectivity index (χ0n) is 10.4. The number of nitrogens with zero attached hydrogens (tertiary/aromatic N) is 1. The van der Waals surface area contributed by atoms with Crippen molar-refractivity contribution in [3.8, 4) is 0 Å². The van der Waals surface area contributed by atoms with Gasteiger partial charge in [0.2, 0.25) is 10.0 Å². The van der Waals surface area contributed by atoms with Gasteiger partial charge in [0, 0.05) is 6.20 Å². The van der Waals surface area contributed by atoms with Crippen LogP contribution in [0.15, 0.2) is 52.4 Å². The second-order valence-corrected chi connectivity index (χ2v) is 7.62. The van der Waals surface area contributed by atoms with E-state index in [0.29, 0.717) is 0 Å². The molecule has 2 rings (SSSR count). The number of anilines is 1. The highest BCUT2D eigenvalue weighted by molar-refractivity contribution is 7.93. The number of sulfonamides is 2. The van der Waals surface area contributed by atoms with E-state index in [0.717, 1.165) is 6.07 Å². The first kappa shape index (κ1) is 15.7. The number of primary sulfonamides is 1. The van der Waals surface area contributed by atoms with Crippen molar-refractivity contribution in [2.24, 2.45) is 5.14 Å². The zero-order valence-corrected chi connectivity index (χ0v) is 12.8. The summed E-state index contributed by atoms with van der Waals surface area (Å²) in [5, 5.41) is 5.09. The van der Waals surface area contributed by atoms with Gasteiger partial charge in [0.25, 0.3) is 10.0 Å². The Morgan fingerprint density at radius 1 is 1.05 bits per heavy atom. The Hall–Kier alpha value is -1.68. The summed E-state index contributed by atoms with van der Waals surface area (Å²) in [6.45, 7) is 0. The lowest BCUT2D eigenvalue weighted by atomic mass is 10.4. The highest BCUT2D eigenvalue weighted by atomic mass is 35.5. The molecule has 10 heteroatoms. The Bertz CT molecular complexity index is 882. The minimum Gasteiger partial charge on any atom is -0.279 e. The van der Waals surface area contributed by atoms with Crippen LogP contribution in [0.1, 0.15) is 0 Å². The van der Waals surface area contributed by atoms with Crippen molar-refractivity contribution in [3.63, 3.8) is 0 Å². The molecule has 0 fully saturated rings. The summed E-state index contributed by atoms with van der Waals surface area (Å²) >= 11 is 5.66. The van der Waals surface area contributed by atoms with E-state index in [2.05, 4.69) is 9.71 Å². The van der Waals surface area contributed by atoms with Crippen LogP contribution in [0.4, 0.5) is 5.69 Å². The summed E-state index contributed by atoms with van der Waals surface area (Å²) in [7, 11) is -7.96. The standard InChI is InChI=1S/C11H10ClN3O4S2/c12-11-6-8(4-5-14-11)15-21(18,19)10-3-1-2-9(7-10)20(13,16)17/h1-7H,(H,14,15)(H2,13,16,17). The number of nitrogens with two attached hydrogens (primary N) is 1. The highest BCUT2D eigenvalue weighted by Gasteiger charge is 2.17. The maximum atomic E-state index is 12.2. The van der Waals surface area contributed by atoms with Crippen LogP contribution in [0.25, 0.3) is 0 Å². The summed E-state index contributed by atoms with van der Waals surface area (Å²) in [4.78, 5) is 3.20. The van der Waals surface area contributed by atoms with Crippen LogP contribution >= 0.6 is 11.6 Å². The van der Waals surface area contributed by atoms with E-state index in [4.69, 9.17) is 16.7 Å². The number of aromatic nitrogens is 1. The van der Waals surface area contributed by atoms with Crippen molar-refractivity contribution in [3.05, 3.63) is 47.7 Å². The van der Waals surface area contributed by atoms with Crippen LogP contribution in [0.5, 0.6) is 0 Å². The van der Waals surface area contributed by atoms with Crippen LogP contribution < -0.4 is 9.86 Å². The molecule has 0 saturated heterocycles. The summed E-state index contributed by atoms with van der Waals surface area (Å²) in [6.07, 6.45) is 1.33. The maximum absolute atomic E-state index is 12.2. The minimum absolute atomic E-state index is 0.119. The molecular weight excluding hydrogens is 338 g/mol. The molecule has 1 aromatic carbocycles. The largest absolute Gasteiger partial charge is 0.279 e. The molecule has 3 N–H and O–H groups in total. The molecule has 2 aromatic rings. The molecule has 7 nitrogen and oxygen atoms in total. The molecular formula is C11H10ClN3O4S2. The molecule has 1 aromatic heterocycles. The van der Waals surface area contributed by atoms with E-state index >= 15 is 0 Å². The normalized spacial score (nSPS) is 12.1. The fourth-order valence-corrected chi connectivity index (χ4v) is 3.40. The molecule has 0 bridgehead atoms. The van der Waals surface area contributed by atoms with E-state index < -0.39 is 20.0 Å². The molecule has 1 heterocycles. The van der Waals surface area contributed by atoms with Gasteiger partial charge in [-0.25, -0.2) is 27.0 Å². The quantitative estimate of drug-likeness (QED) is 0.805. The van der Waals surface area contributed by atoms with Crippen LogP contribution in [-0.4, -0.2) is 21.8 Å². The number of hydrogen-bond donors (Lipinski definition) is 2. The molecule has 0 amide bonds. The molecule has 0 aliphatic heterocycles. The van der Waals surface area contributed by atoms with Gasteiger partial charge in [-0.15, -0.1) is 0 Å². The first-order chi connectivity index (χ1) is 9.68. The molecule has 0 atom stereocenters. The molecule has 21 heavy (non-hydrogen) atoms. The Balaban J connectivity index is 2.41. The predicted molar refractivity (Wildman–Crippen MR) is 77.9 cm³/mol. The molecule has 0 aliphatic carbocycles. The fourth-order valence-electron chi connectivity index (χ4n) is 1.50. The van der Waals surface area contributed by atoms with Crippen molar-refractivity contribution >= 4 is 37.3 Å². The van der Waals surface area contributed by atoms with Crippen molar-refractivity contribution in [1.29, 1.82) is 0 Å². The Kier molecular flexibility index (Phi) is 4.19. The number of halogens is 1. The third kappa shape index (κ3) is 3.91. The van der Waals surface area contributed by atoms with Crippen LogP contribution in [-0.2, 0) is 20.0 Å². The first-order valence-electron chi connectivity index (χ1n) is 5.46. The third-order valence-corrected chi connectivity index (χ3v) is 4.92. The average molecular weight is 348 g/mol. The predicted octanol–water partition coefficient (Wildman–Crippen LogP) is 1.18. The van der Waals surface area contributed by atoms with Gasteiger partial charge in [-0.05, 0) is 30.3 Å². The van der Waals surface area contributed by atoms with Crippen molar-refractivity contribution in [1.82, 2.24) is 4.98 Å². The van der Waals surface area contributed by atoms with E-state index in [1.54, 1.807) is 0 Å². The van der Waals surface area contributed by atoms with E-state index in [9.17, 15) is 16.8 Å². The second kappa shape index (κ2) is 5.60. The molecule has 0 saturated carbocycles. The minimum atomic E-state index is -3.99. The lowest BCUT2D eigenvalue weighted by Gasteiger charge is -2.09. The van der Waals surface area contributed by atoms with Gasteiger partial charge in [-0.2, -0.15) is 0 Å². The lowest BCUT2D eigenvalue weighted by Crippen LogP contribution is -2.16. The molecule has 0 unspecified atom stereocenters. The number of benzene rings is 1. The fraction of sp³-hybridized carbons (Fsp3) is 0. The lowest BCUT2D eigenvalue weighted by molar-refractivity contribution is 0.597. The number of rotatable bonds is 4. The van der Waals surface area contributed by atoms with E-state index in [1.807, 2.05) is 0 Å². The number of nitrogens with one attached hydrogen (secondary N) is 1.